The average molecular weight is 563 g/mol. The van der Waals surface area contributed by atoms with Gasteiger partial charge in [-0.1, -0.05) is 33.3 Å². The SMILES string of the molecule is COc1ccc(F)c(-c2cc(F)c(COc3ccc4c(c3F)C3(CCC4)C(C)C3C=O)cc2C2CCCC2(C)C)c1. The molecule has 4 unspecified atom stereocenters. The fourth-order valence-electron chi connectivity index (χ4n) is 7.98. The minimum absolute atomic E-state index is 0.0466. The van der Waals surface area contributed by atoms with Crippen molar-refractivity contribution in [2.45, 2.75) is 77.2 Å². The normalized spacial score (nSPS) is 26.1. The lowest BCUT2D eigenvalue weighted by Gasteiger charge is -2.30. The Bertz CT molecular complexity index is 1510. The molecule has 0 bridgehead atoms. The summed E-state index contributed by atoms with van der Waals surface area (Å²) in [4.78, 5) is 11.8. The van der Waals surface area contributed by atoms with E-state index < -0.39 is 22.9 Å². The topological polar surface area (TPSA) is 35.5 Å². The highest BCUT2D eigenvalue weighted by Gasteiger charge is 2.64. The molecule has 0 saturated heterocycles. The van der Waals surface area contributed by atoms with Gasteiger partial charge in [-0.15, -0.1) is 0 Å². The maximum absolute atomic E-state index is 16.0. The van der Waals surface area contributed by atoms with Crippen LogP contribution in [0.4, 0.5) is 13.2 Å². The molecule has 0 amide bonds. The molecule has 0 aromatic heterocycles. The second-order valence-electron chi connectivity index (χ2n) is 12.9. The standard InChI is InChI=1S/C35H37F3O3/c1-20-28(18-39)35(20)14-5-7-21-9-12-31(33(38)32(21)35)41-19-22-15-25(27-8-6-13-34(27,2)3)24(17-30(22)37)26-16-23(40-4)10-11-29(26)36/h9-12,15-18,20,27-28H,5-8,13-14,19H2,1-4H3. The lowest BCUT2D eigenvalue weighted by molar-refractivity contribution is -0.109. The Morgan fingerprint density at radius 2 is 1.78 bits per heavy atom. The number of rotatable bonds is 7. The van der Waals surface area contributed by atoms with E-state index in [1.54, 1.807) is 24.3 Å². The molecule has 1 spiro atoms. The number of carbonyl (C=O) groups is 1. The van der Waals surface area contributed by atoms with E-state index in [-0.39, 0.29) is 35.5 Å². The first-order valence-electron chi connectivity index (χ1n) is 14.7. The second kappa shape index (κ2) is 10.2. The number of benzene rings is 3. The maximum atomic E-state index is 16.0. The van der Waals surface area contributed by atoms with E-state index in [1.807, 2.05) is 13.0 Å². The third-order valence-corrected chi connectivity index (χ3v) is 10.4. The van der Waals surface area contributed by atoms with Gasteiger partial charge in [-0.25, -0.2) is 13.2 Å². The predicted octanol–water partition coefficient (Wildman–Crippen LogP) is 8.69. The summed E-state index contributed by atoms with van der Waals surface area (Å²) < 4.78 is 58.1. The number of ether oxygens (including phenoxy) is 2. The zero-order chi connectivity index (χ0) is 29.1. The fraction of sp³-hybridized carbons (Fsp3) is 0.457. The minimum atomic E-state index is -0.534. The van der Waals surface area contributed by atoms with Crippen LogP contribution in [0, 0.1) is 34.7 Å². The Morgan fingerprint density at radius 1 is 0.976 bits per heavy atom. The molecule has 216 valence electrons. The Morgan fingerprint density at radius 3 is 2.46 bits per heavy atom. The van der Waals surface area contributed by atoms with E-state index in [2.05, 4.69) is 13.8 Å². The molecule has 2 saturated carbocycles. The summed E-state index contributed by atoms with van der Waals surface area (Å²) in [5.74, 6) is -0.862. The summed E-state index contributed by atoms with van der Waals surface area (Å²) in [6, 6.07) is 11.2. The lowest BCUT2D eigenvalue weighted by Crippen LogP contribution is -2.22. The Labute approximate surface area is 240 Å². The molecule has 6 heteroatoms. The van der Waals surface area contributed by atoms with E-state index in [0.717, 1.165) is 55.9 Å². The van der Waals surface area contributed by atoms with Crippen molar-refractivity contribution in [3.63, 3.8) is 0 Å². The number of halogens is 3. The number of hydrogen-bond donors (Lipinski definition) is 0. The summed E-state index contributed by atoms with van der Waals surface area (Å²) in [6.07, 6.45) is 6.39. The van der Waals surface area contributed by atoms with Gasteiger partial charge in [-0.3, -0.25) is 0 Å². The first-order valence-corrected chi connectivity index (χ1v) is 14.7. The van der Waals surface area contributed by atoms with Gasteiger partial charge in [0.2, 0.25) is 0 Å². The van der Waals surface area contributed by atoms with Crippen LogP contribution in [0.25, 0.3) is 11.1 Å². The van der Waals surface area contributed by atoms with Crippen molar-refractivity contribution in [2.75, 3.05) is 7.11 Å². The number of fused-ring (bicyclic) bond motifs is 2. The number of carbonyl (C=O) groups excluding carboxylic acids is 1. The third kappa shape index (κ3) is 4.45. The van der Waals surface area contributed by atoms with Crippen molar-refractivity contribution in [3.05, 3.63) is 82.2 Å². The van der Waals surface area contributed by atoms with Gasteiger partial charge in [0, 0.05) is 28.0 Å². The van der Waals surface area contributed by atoms with Crippen LogP contribution >= 0.6 is 0 Å². The molecule has 0 N–H and O–H groups in total. The quantitative estimate of drug-likeness (QED) is 0.270. The number of aryl methyl sites for hydroxylation is 1. The van der Waals surface area contributed by atoms with E-state index in [0.29, 0.717) is 28.0 Å². The van der Waals surface area contributed by atoms with Gasteiger partial charge in [0.25, 0.3) is 0 Å². The van der Waals surface area contributed by atoms with E-state index >= 15 is 13.2 Å². The summed E-state index contributed by atoms with van der Waals surface area (Å²) in [5, 5.41) is 0. The van der Waals surface area contributed by atoms with Crippen LogP contribution in [0.1, 0.15) is 81.0 Å². The van der Waals surface area contributed by atoms with Crippen LogP contribution in [0.5, 0.6) is 11.5 Å². The van der Waals surface area contributed by atoms with Crippen molar-refractivity contribution >= 4 is 6.29 Å². The molecule has 0 heterocycles. The van der Waals surface area contributed by atoms with Gasteiger partial charge in [0.15, 0.2) is 11.6 Å². The van der Waals surface area contributed by atoms with Crippen molar-refractivity contribution < 1.29 is 27.4 Å². The molecular weight excluding hydrogens is 525 g/mol. The van der Waals surface area contributed by atoms with Crippen LogP contribution in [0.15, 0.2) is 42.5 Å². The molecule has 4 atom stereocenters. The summed E-state index contributed by atoms with van der Waals surface area (Å²) in [5.41, 5.74) is 2.98. The minimum Gasteiger partial charge on any atom is -0.497 e. The van der Waals surface area contributed by atoms with Crippen molar-refractivity contribution in [2.24, 2.45) is 17.3 Å². The highest BCUT2D eigenvalue weighted by molar-refractivity contribution is 5.71. The van der Waals surface area contributed by atoms with Gasteiger partial charge in [0.05, 0.1) is 7.11 Å². The molecule has 0 radical (unpaired) electrons. The second-order valence-corrected chi connectivity index (χ2v) is 12.9. The third-order valence-electron chi connectivity index (χ3n) is 10.4. The maximum Gasteiger partial charge on any atom is 0.169 e. The van der Waals surface area contributed by atoms with E-state index in [4.69, 9.17) is 9.47 Å². The van der Waals surface area contributed by atoms with E-state index in [1.165, 1.54) is 19.2 Å². The largest absolute Gasteiger partial charge is 0.497 e. The highest BCUT2D eigenvalue weighted by atomic mass is 19.1. The summed E-state index contributed by atoms with van der Waals surface area (Å²) in [7, 11) is 1.52. The molecule has 2 fully saturated rings. The van der Waals surface area contributed by atoms with Crippen molar-refractivity contribution in [3.8, 4) is 22.6 Å². The first-order chi connectivity index (χ1) is 19.6. The van der Waals surface area contributed by atoms with Gasteiger partial charge < -0.3 is 14.3 Å². The summed E-state index contributed by atoms with van der Waals surface area (Å²) in [6.45, 7) is 6.23. The Hall–Kier alpha value is -3.28. The van der Waals surface area contributed by atoms with Gasteiger partial charge in [-0.2, -0.15) is 0 Å². The van der Waals surface area contributed by atoms with Crippen LogP contribution in [-0.4, -0.2) is 13.4 Å². The molecular formula is C35H37F3O3. The Balaban J connectivity index is 1.38. The van der Waals surface area contributed by atoms with E-state index in [9.17, 15) is 4.79 Å². The van der Waals surface area contributed by atoms with Crippen LogP contribution < -0.4 is 9.47 Å². The van der Waals surface area contributed by atoms with Gasteiger partial charge in [-0.05, 0) is 102 Å². The monoisotopic (exact) mass is 562 g/mol. The number of methoxy groups -OCH3 is 1. The van der Waals surface area contributed by atoms with Crippen LogP contribution in [0.2, 0.25) is 0 Å². The number of aldehydes is 1. The van der Waals surface area contributed by atoms with Crippen molar-refractivity contribution in [1.82, 2.24) is 0 Å². The molecule has 3 aromatic carbocycles. The van der Waals surface area contributed by atoms with Crippen LogP contribution in [-0.2, 0) is 23.2 Å². The molecule has 6 rings (SSSR count). The predicted molar refractivity (Wildman–Crippen MR) is 153 cm³/mol. The Kier molecular flexibility index (Phi) is 6.94. The zero-order valence-corrected chi connectivity index (χ0v) is 24.2. The molecule has 3 nitrogen and oxygen atoms in total. The fourth-order valence-corrected chi connectivity index (χ4v) is 7.98. The molecule has 0 aliphatic heterocycles. The molecule has 3 aliphatic rings. The zero-order valence-electron chi connectivity index (χ0n) is 24.2. The highest BCUT2D eigenvalue weighted by Crippen LogP contribution is 2.65. The van der Waals surface area contributed by atoms with Crippen molar-refractivity contribution in [1.29, 1.82) is 0 Å². The molecule has 41 heavy (non-hydrogen) atoms. The average Bonchev–Trinajstić information content (AvgIpc) is 3.31. The van der Waals surface area contributed by atoms with Crippen LogP contribution in [0.3, 0.4) is 0 Å². The smallest absolute Gasteiger partial charge is 0.169 e. The number of hydrogen-bond acceptors (Lipinski definition) is 3. The molecule has 3 aromatic rings. The summed E-state index contributed by atoms with van der Waals surface area (Å²) >= 11 is 0. The van der Waals surface area contributed by atoms with Gasteiger partial charge >= 0.3 is 0 Å². The molecule has 3 aliphatic carbocycles. The first kappa shape index (κ1) is 27.9. The van der Waals surface area contributed by atoms with Gasteiger partial charge in [0.1, 0.15) is 30.3 Å². The lowest BCUT2D eigenvalue weighted by atomic mass is 9.75.